The van der Waals surface area contributed by atoms with Crippen LogP contribution in [-0.4, -0.2) is 185 Å². The Balaban J connectivity index is 0.00000107. The summed E-state index contributed by atoms with van der Waals surface area (Å²) >= 11 is 0. The monoisotopic (exact) mass is 1300 g/mol. The lowest BCUT2D eigenvalue weighted by atomic mass is 10.2. The lowest BCUT2D eigenvalue weighted by molar-refractivity contribution is -0.615. The van der Waals surface area contributed by atoms with Crippen LogP contribution in [0.15, 0.2) is 60.7 Å². The Kier molecular flexibility index (Phi) is 33.0. The molecule has 0 aliphatic rings. The van der Waals surface area contributed by atoms with Gasteiger partial charge in [0.1, 0.15) is 29.4 Å². The van der Waals surface area contributed by atoms with Crippen LogP contribution in [0.3, 0.4) is 0 Å². The van der Waals surface area contributed by atoms with E-state index in [1.54, 1.807) is 13.8 Å². The van der Waals surface area contributed by atoms with Crippen LogP contribution in [0.4, 0.5) is 13.2 Å². The number of alkyl halides is 3. The van der Waals surface area contributed by atoms with Gasteiger partial charge in [-0.25, -0.2) is 72.7 Å². The van der Waals surface area contributed by atoms with Crippen molar-refractivity contribution in [3.05, 3.63) is 151 Å². The van der Waals surface area contributed by atoms with Crippen molar-refractivity contribution in [2.45, 2.75) is 47.1 Å². The van der Waals surface area contributed by atoms with Gasteiger partial charge in [-0.05, 0) is 62.4 Å². The largest absolute Gasteiger partial charge is 0.618 e. The Morgan fingerprint density at radius 3 is 1.18 bits per heavy atom. The van der Waals surface area contributed by atoms with Crippen molar-refractivity contribution in [2.75, 3.05) is 63.1 Å². The van der Waals surface area contributed by atoms with Gasteiger partial charge in [-0.2, -0.15) is 26.3 Å². The van der Waals surface area contributed by atoms with Gasteiger partial charge in [0.15, 0.2) is 5.69 Å². The molecule has 488 valence electrons. The van der Waals surface area contributed by atoms with Crippen LogP contribution in [0.2, 0.25) is 0 Å². The van der Waals surface area contributed by atoms with Crippen LogP contribution in [0, 0.1) is 26.0 Å². The fourth-order valence-corrected chi connectivity index (χ4v) is 6.13. The second-order valence-corrected chi connectivity index (χ2v) is 18.0. The standard InChI is InChI=1S/C11H13NO7S.2C10H11NO5.C10H11NO4.C8H7NO4.C4H3F3O3/c1-17-10(13)7-4-8(6-19-20(3,15)16)12-9(5-7)11(14)18-2;1-15-9(13)6-3-7(5-12)11-8(4-6)10(14)16-2;1-6-4-7(9(12)15-2)5-8(11(6)14)10(13)16-3;1-6-4-7(9(12)14-2)5-8(11-6)10(13)15-3;1-4-2-5(7(10)11)3-6(9-4)8(12)13;1-2(8)10-3(9)4(5,6)7/h4-5H,6H2,1-3H3;3-4,12H,5H2,1-2H3;4-5H,1-3H3;4-5H,1-3H3;2-3H,1H3,(H,10,11)(H,12,13);1H3. The Hall–Kier alpha value is -11.0. The molecule has 0 saturated carbocycles. The summed E-state index contributed by atoms with van der Waals surface area (Å²) in [6.45, 7) is 4.62. The Morgan fingerprint density at radius 2 is 0.833 bits per heavy atom. The smallest absolute Gasteiger partial charge is 0.491 e. The predicted molar refractivity (Wildman–Crippen MR) is 290 cm³/mol. The summed E-state index contributed by atoms with van der Waals surface area (Å²) in [4.78, 5) is 146. The summed E-state index contributed by atoms with van der Waals surface area (Å²) < 4.78 is 99.5. The molecule has 90 heavy (non-hydrogen) atoms. The van der Waals surface area contributed by atoms with E-state index in [0.29, 0.717) is 23.0 Å². The molecule has 5 aromatic rings. The number of carbonyl (C=O) groups is 12. The van der Waals surface area contributed by atoms with Gasteiger partial charge >= 0.3 is 83.5 Å². The van der Waals surface area contributed by atoms with Crippen molar-refractivity contribution < 1.29 is 146 Å². The molecule has 0 fully saturated rings. The highest BCUT2D eigenvalue weighted by Crippen LogP contribution is 2.17. The molecule has 5 aromatic heterocycles. The summed E-state index contributed by atoms with van der Waals surface area (Å²) in [6.07, 6.45) is -4.22. The van der Waals surface area contributed by atoms with Crippen LogP contribution in [0.5, 0.6) is 0 Å². The number of carboxylic acids is 2. The van der Waals surface area contributed by atoms with Gasteiger partial charge in [0, 0.05) is 37.4 Å². The van der Waals surface area contributed by atoms with E-state index in [4.69, 9.17) is 15.3 Å². The number of aryl methyl sites for hydroxylation is 3. The van der Waals surface area contributed by atoms with Gasteiger partial charge in [-0.3, -0.25) is 8.98 Å². The number of carboxylic acid groups (broad SMARTS) is 2. The summed E-state index contributed by atoms with van der Waals surface area (Å²) in [5.41, 5.74) is 1.34. The molecule has 0 aromatic carbocycles. The third kappa shape index (κ3) is 27.6. The number of halogens is 3. The first kappa shape index (κ1) is 79.0. The van der Waals surface area contributed by atoms with E-state index < -0.39 is 94.5 Å². The number of aromatic nitrogens is 5. The van der Waals surface area contributed by atoms with Crippen molar-refractivity contribution in [1.82, 2.24) is 19.9 Å². The lowest BCUT2D eigenvalue weighted by Gasteiger charge is -2.07. The van der Waals surface area contributed by atoms with E-state index in [1.165, 1.54) is 98.1 Å². The minimum atomic E-state index is -5.09. The molecule has 0 bridgehead atoms. The van der Waals surface area contributed by atoms with E-state index in [2.05, 4.69) is 66.8 Å². The Labute approximate surface area is 507 Å². The van der Waals surface area contributed by atoms with Gasteiger partial charge < -0.3 is 63.2 Å². The van der Waals surface area contributed by atoms with Crippen molar-refractivity contribution in [2.24, 2.45) is 0 Å². The van der Waals surface area contributed by atoms with E-state index in [9.17, 15) is 84.3 Å². The second-order valence-electron chi connectivity index (χ2n) is 16.3. The van der Waals surface area contributed by atoms with Gasteiger partial charge in [0.2, 0.25) is 0 Å². The number of hydrogen-bond acceptors (Lipinski definition) is 30. The minimum Gasteiger partial charge on any atom is -0.618 e. The molecule has 33 nitrogen and oxygen atoms in total. The fraction of sp³-hybridized carbons (Fsp3) is 0.302. The molecule has 0 unspecified atom stereocenters. The van der Waals surface area contributed by atoms with Crippen LogP contribution in [-0.2, 0) is 79.7 Å². The van der Waals surface area contributed by atoms with E-state index >= 15 is 0 Å². The van der Waals surface area contributed by atoms with E-state index in [1.807, 2.05) is 0 Å². The molecule has 37 heteroatoms. The molecular formula is C53H56F3N5O28S. The molecule has 0 spiro atoms. The number of aliphatic hydroxyl groups excluding tert-OH is 1. The zero-order valence-corrected chi connectivity index (χ0v) is 50.3. The molecule has 0 aliphatic carbocycles. The number of nitrogens with zero attached hydrogens (tertiary/aromatic N) is 5. The first-order valence-electron chi connectivity index (χ1n) is 23.9. The molecule has 0 atom stereocenters. The Bertz CT molecular complexity index is 3460. The summed E-state index contributed by atoms with van der Waals surface area (Å²) in [5, 5.41) is 37.6. The second kappa shape index (κ2) is 37.6. The summed E-state index contributed by atoms with van der Waals surface area (Å²) in [6, 6.07) is 12.7. The summed E-state index contributed by atoms with van der Waals surface area (Å²) in [5.74, 6) is -11.4. The van der Waals surface area contributed by atoms with Gasteiger partial charge in [0.25, 0.3) is 10.1 Å². The zero-order valence-electron chi connectivity index (χ0n) is 49.5. The third-order valence-corrected chi connectivity index (χ3v) is 10.2. The number of ether oxygens (including phenoxy) is 9. The highest BCUT2D eigenvalue weighted by Gasteiger charge is 2.42. The molecule has 0 aliphatic heterocycles. The molecule has 5 rings (SSSR count). The molecule has 0 radical (unpaired) electrons. The average Bonchev–Trinajstić information content (AvgIpc) is 1.05. The van der Waals surface area contributed by atoms with Gasteiger partial charge in [-0.15, -0.1) is 0 Å². The fourth-order valence-electron chi connectivity index (χ4n) is 5.79. The number of aromatic carboxylic acids is 2. The SMILES string of the molecule is CC(=O)OC(=O)C(F)(F)F.COC(=O)c1cc(C)[n+]([O-])c(C(=O)OC)c1.COC(=O)c1cc(C)nc(C(=O)OC)c1.COC(=O)c1cc(CO)nc(C(=O)OC)c1.COC(=O)c1cc(COS(C)(=O)=O)nc(C(=O)OC)c1.Cc1cc(C(=O)O)cc(C(=O)O)n1. The van der Waals surface area contributed by atoms with Crippen molar-refractivity contribution in [3.8, 4) is 0 Å². The molecule has 3 N–H and O–H groups in total. The van der Waals surface area contributed by atoms with Crippen molar-refractivity contribution in [3.63, 3.8) is 0 Å². The number of rotatable bonds is 14. The zero-order chi connectivity index (χ0) is 69.6. The first-order chi connectivity index (χ1) is 41.8. The molecule has 0 amide bonds. The maximum atomic E-state index is 11.5. The third-order valence-electron chi connectivity index (χ3n) is 9.64. The average molecular weight is 1300 g/mol. The Morgan fingerprint density at radius 1 is 0.489 bits per heavy atom. The normalized spacial score (nSPS) is 10.1. The van der Waals surface area contributed by atoms with Crippen molar-refractivity contribution >= 4 is 81.7 Å². The maximum Gasteiger partial charge on any atom is 0.491 e. The highest BCUT2D eigenvalue weighted by molar-refractivity contribution is 7.85. The highest BCUT2D eigenvalue weighted by atomic mass is 32.2. The van der Waals surface area contributed by atoms with Crippen LogP contribution >= 0.6 is 0 Å². The quantitative estimate of drug-likeness (QED) is 0.0359. The molecule has 0 saturated heterocycles. The molecular weight excluding hydrogens is 1240 g/mol. The number of aliphatic hydroxyl groups is 1. The van der Waals surface area contributed by atoms with Crippen LogP contribution in [0.25, 0.3) is 0 Å². The topological polar surface area (TPSA) is 470 Å². The maximum absolute atomic E-state index is 11.5. The molecule has 5 heterocycles. The predicted octanol–water partition coefficient (Wildman–Crippen LogP) is 2.87. The number of esters is 10. The van der Waals surface area contributed by atoms with Gasteiger partial charge in [-0.1, -0.05) is 0 Å². The van der Waals surface area contributed by atoms with Crippen molar-refractivity contribution in [1.29, 1.82) is 0 Å². The number of carbonyl (C=O) groups excluding carboxylic acids is 10. The van der Waals surface area contributed by atoms with E-state index in [-0.39, 0.29) is 80.0 Å². The summed E-state index contributed by atoms with van der Waals surface area (Å²) in [7, 11) is 5.98. The van der Waals surface area contributed by atoms with E-state index in [0.717, 1.165) is 32.6 Å². The number of pyridine rings is 5. The van der Waals surface area contributed by atoms with Crippen LogP contribution in [0.1, 0.15) is 140 Å². The lowest BCUT2D eigenvalue weighted by Crippen LogP contribution is -2.38. The first-order valence-corrected chi connectivity index (χ1v) is 25.7. The van der Waals surface area contributed by atoms with Gasteiger partial charge in [0.05, 0.1) is 109 Å². The number of methoxy groups -OCH3 is 8. The minimum absolute atomic E-state index is 0.0370. The number of hydrogen-bond donors (Lipinski definition) is 3. The van der Waals surface area contributed by atoms with Crippen LogP contribution < -0.4 is 4.73 Å².